The van der Waals surface area contributed by atoms with E-state index in [1.807, 2.05) is 0 Å². The van der Waals surface area contributed by atoms with Gasteiger partial charge in [-0.2, -0.15) is 0 Å². The van der Waals surface area contributed by atoms with Gasteiger partial charge < -0.3 is 19.7 Å². The highest BCUT2D eigenvalue weighted by Gasteiger charge is 2.20. The fourth-order valence-corrected chi connectivity index (χ4v) is 3.41. The van der Waals surface area contributed by atoms with Crippen LogP contribution in [0.3, 0.4) is 0 Å². The van der Waals surface area contributed by atoms with Gasteiger partial charge in [0.2, 0.25) is 0 Å². The molecule has 5 heteroatoms. The maximum atomic E-state index is 5.68. The molecule has 2 aliphatic heterocycles. The van der Waals surface area contributed by atoms with Gasteiger partial charge in [0.1, 0.15) is 13.2 Å². The van der Waals surface area contributed by atoms with Crippen LogP contribution in [0.4, 0.5) is 0 Å². The number of ether oxygens (including phenoxy) is 2. The summed E-state index contributed by atoms with van der Waals surface area (Å²) in [7, 11) is 2.18. The minimum atomic E-state index is 0.600. The van der Waals surface area contributed by atoms with Crippen molar-refractivity contribution in [3.63, 3.8) is 0 Å². The maximum absolute atomic E-state index is 5.68. The molecule has 0 saturated carbocycles. The SMILES string of the molecule is CSc1cc2c(cc1CNC1CCN(C)C1)OCCO2. The molecule has 1 unspecified atom stereocenters. The highest BCUT2D eigenvalue weighted by atomic mass is 32.2. The second-order valence-electron chi connectivity index (χ2n) is 5.44. The maximum Gasteiger partial charge on any atom is 0.162 e. The molecule has 1 atom stereocenters. The molecule has 0 spiro atoms. The van der Waals surface area contributed by atoms with Crippen molar-refractivity contribution in [3.05, 3.63) is 17.7 Å². The molecule has 4 nitrogen and oxygen atoms in total. The van der Waals surface area contributed by atoms with Crippen LogP contribution in [-0.4, -0.2) is 50.5 Å². The quantitative estimate of drug-likeness (QED) is 0.859. The van der Waals surface area contributed by atoms with E-state index >= 15 is 0 Å². The van der Waals surface area contributed by atoms with Crippen molar-refractivity contribution in [1.82, 2.24) is 10.2 Å². The fraction of sp³-hybridized carbons (Fsp3) is 0.600. The molecule has 1 aromatic carbocycles. The molecule has 1 N–H and O–H groups in total. The number of benzene rings is 1. The lowest BCUT2D eigenvalue weighted by molar-refractivity contribution is 0.171. The second-order valence-corrected chi connectivity index (χ2v) is 6.28. The highest BCUT2D eigenvalue weighted by molar-refractivity contribution is 7.98. The van der Waals surface area contributed by atoms with E-state index in [0.717, 1.165) is 24.6 Å². The van der Waals surface area contributed by atoms with Crippen molar-refractivity contribution in [2.45, 2.75) is 23.9 Å². The van der Waals surface area contributed by atoms with E-state index in [0.29, 0.717) is 19.3 Å². The van der Waals surface area contributed by atoms with Gasteiger partial charge in [0.25, 0.3) is 0 Å². The van der Waals surface area contributed by atoms with E-state index in [1.54, 1.807) is 11.8 Å². The Hall–Kier alpha value is -0.910. The third-order valence-electron chi connectivity index (χ3n) is 3.92. The summed E-state index contributed by atoms with van der Waals surface area (Å²) < 4.78 is 11.3. The van der Waals surface area contributed by atoms with Crippen LogP contribution in [0.15, 0.2) is 17.0 Å². The topological polar surface area (TPSA) is 33.7 Å². The van der Waals surface area contributed by atoms with Crippen LogP contribution in [0.25, 0.3) is 0 Å². The molecule has 2 aliphatic rings. The molecule has 20 heavy (non-hydrogen) atoms. The number of nitrogens with one attached hydrogen (secondary N) is 1. The van der Waals surface area contributed by atoms with E-state index in [1.165, 1.54) is 23.4 Å². The summed E-state index contributed by atoms with van der Waals surface area (Å²) in [6, 6.07) is 4.84. The molecule has 0 radical (unpaired) electrons. The Morgan fingerprint density at radius 2 is 2.05 bits per heavy atom. The molecule has 1 saturated heterocycles. The zero-order valence-electron chi connectivity index (χ0n) is 12.1. The Kier molecular flexibility index (Phi) is 4.38. The van der Waals surface area contributed by atoms with Crippen molar-refractivity contribution in [3.8, 4) is 11.5 Å². The van der Waals surface area contributed by atoms with Crippen LogP contribution in [-0.2, 0) is 6.54 Å². The third-order valence-corrected chi connectivity index (χ3v) is 4.74. The Balaban J connectivity index is 1.71. The van der Waals surface area contributed by atoms with Crippen molar-refractivity contribution in [1.29, 1.82) is 0 Å². The number of hydrogen-bond donors (Lipinski definition) is 1. The minimum Gasteiger partial charge on any atom is -0.486 e. The summed E-state index contributed by atoms with van der Waals surface area (Å²) in [5.41, 5.74) is 1.30. The number of likely N-dealkylation sites (tertiary alicyclic amines) is 1. The van der Waals surface area contributed by atoms with Crippen LogP contribution < -0.4 is 14.8 Å². The fourth-order valence-electron chi connectivity index (χ4n) is 2.80. The number of fused-ring (bicyclic) bond motifs is 1. The molecule has 2 heterocycles. The zero-order valence-corrected chi connectivity index (χ0v) is 13.0. The van der Waals surface area contributed by atoms with Gasteiger partial charge >= 0.3 is 0 Å². The molecule has 0 aliphatic carbocycles. The summed E-state index contributed by atoms with van der Waals surface area (Å²) in [5.74, 6) is 1.76. The summed E-state index contributed by atoms with van der Waals surface area (Å²) >= 11 is 1.77. The van der Waals surface area contributed by atoms with Crippen LogP contribution in [0.1, 0.15) is 12.0 Å². The van der Waals surface area contributed by atoms with Crippen molar-refractivity contribution in [2.75, 3.05) is 39.6 Å². The van der Waals surface area contributed by atoms with Gasteiger partial charge in [0.05, 0.1) is 0 Å². The predicted octanol–water partition coefficient (Wildman–Crippen LogP) is 1.97. The predicted molar refractivity (Wildman–Crippen MR) is 82.0 cm³/mol. The molecule has 3 rings (SSSR count). The molecule has 110 valence electrons. The van der Waals surface area contributed by atoms with Gasteiger partial charge in [-0.3, -0.25) is 0 Å². The normalized spacial score (nSPS) is 22.2. The van der Waals surface area contributed by atoms with E-state index < -0.39 is 0 Å². The zero-order chi connectivity index (χ0) is 13.9. The summed E-state index contributed by atoms with van der Waals surface area (Å²) in [4.78, 5) is 3.64. The average molecular weight is 294 g/mol. The Morgan fingerprint density at radius 1 is 1.30 bits per heavy atom. The molecule has 0 bridgehead atoms. The van der Waals surface area contributed by atoms with Gasteiger partial charge in [0.15, 0.2) is 11.5 Å². The van der Waals surface area contributed by atoms with E-state index in [9.17, 15) is 0 Å². The molecule has 1 fully saturated rings. The Bertz CT molecular complexity index is 481. The standard InChI is InChI=1S/C15H22N2O2S/c1-17-4-3-12(10-17)16-9-11-7-13-14(8-15(11)20-2)19-6-5-18-13/h7-8,12,16H,3-6,9-10H2,1-2H3. The molecular formula is C15H22N2O2S. The largest absolute Gasteiger partial charge is 0.486 e. The lowest BCUT2D eigenvalue weighted by Crippen LogP contribution is -2.31. The van der Waals surface area contributed by atoms with Crippen molar-refractivity contribution in [2.24, 2.45) is 0 Å². The van der Waals surface area contributed by atoms with Crippen LogP contribution in [0.2, 0.25) is 0 Å². The average Bonchev–Trinajstić information content (AvgIpc) is 2.89. The van der Waals surface area contributed by atoms with Crippen LogP contribution in [0.5, 0.6) is 11.5 Å². The van der Waals surface area contributed by atoms with Crippen LogP contribution in [0, 0.1) is 0 Å². The number of likely N-dealkylation sites (N-methyl/N-ethyl adjacent to an activating group) is 1. The summed E-state index contributed by atoms with van der Waals surface area (Å²) in [6.07, 6.45) is 3.34. The summed E-state index contributed by atoms with van der Waals surface area (Å²) in [6.45, 7) is 4.51. The molecular weight excluding hydrogens is 272 g/mol. The number of thioether (sulfide) groups is 1. The number of hydrogen-bond acceptors (Lipinski definition) is 5. The first-order chi connectivity index (χ1) is 9.76. The second kappa shape index (κ2) is 6.24. The summed E-state index contributed by atoms with van der Waals surface area (Å²) in [5, 5.41) is 3.66. The highest BCUT2D eigenvalue weighted by Crippen LogP contribution is 2.36. The molecule has 0 aromatic heterocycles. The van der Waals surface area contributed by atoms with Crippen molar-refractivity contribution < 1.29 is 9.47 Å². The number of rotatable bonds is 4. The Labute approximate surface area is 124 Å². The van der Waals surface area contributed by atoms with E-state index in [4.69, 9.17) is 9.47 Å². The first-order valence-corrected chi connectivity index (χ1v) is 8.37. The van der Waals surface area contributed by atoms with E-state index in [-0.39, 0.29) is 0 Å². The van der Waals surface area contributed by atoms with Gasteiger partial charge in [-0.05, 0) is 44.0 Å². The molecule has 0 amide bonds. The van der Waals surface area contributed by atoms with Gasteiger partial charge in [-0.25, -0.2) is 0 Å². The van der Waals surface area contributed by atoms with Gasteiger partial charge in [-0.15, -0.1) is 11.8 Å². The smallest absolute Gasteiger partial charge is 0.162 e. The monoisotopic (exact) mass is 294 g/mol. The van der Waals surface area contributed by atoms with Gasteiger partial charge in [0, 0.05) is 24.0 Å². The molecule has 1 aromatic rings. The minimum absolute atomic E-state index is 0.600. The van der Waals surface area contributed by atoms with E-state index in [2.05, 4.69) is 35.7 Å². The first kappa shape index (κ1) is 14.0. The van der Waals surface area contributed by atoms with Gasteiger partial charge in [-0.1, -0.05) is 0 Å². The lowest BCUT2D eigenvalue weighted by atomic mass is 10.1. The van der Waals surface area contributed by atoms with Crippen molar-refractivity contribution >= 4 is 11.8 Å². The first-order valence-electron chi connectivity index (χ1n) is 7.14. The lowest BCUT2D eigenvalue weighted by Gasteiger charge is -2.21. The van der Waals surface area contributed by atoms with Crippen LogP contribution >= 0.6 is 11.8 Å². The number of nitrogens with zero attached hydrogens (tertiary/aromatic N) is 1. The Morgan fingerprint density at radius 3 is 2.70 bits per heavy atom. The third kappa shape index (κ3) is 3.05.